The zero-order chi connectivity index (χ0) is 41.9. The van der Waals surface area contributed by atoms with E-state index in [1.807, 2.05) is 0 Å². The molecule has 3 N–H and O–H groups in total. The molecular formula is C46H83O10P. The summed E-state index contributed by atoms with van der Waals surface area (Å²) in [6.07, 6.45) is 45.0. The summed E-state index contributed by atoms with van der Waals surface area (Å²) in [5.74, 6) is -0.945. The lowest BCUT2D eigenvalue weighted by atomic mass is 10.1. The quantitative estimate of drug-likeness (QED) is 0.0235. The van der Waals surface area contributed by atoms with Crippen molar-refractivity contribution in [3.63, 3.8) is 0 Å². The second kappa shape index (κ2) is 42.1. The fourth-order valence-corrected chi connectivity index (χ4v) is 6.72. The predicted octanol–water partition coefficient (Wildman–Crippen LogP) is 12.1. The average molecular weight is 827 g/mol. The first kappa shape index (κ1) is 54.9. The highest BCUT2D eigenvalue weighted by Gasteiger charge is 2.27. The predicted molar refractivity (Wildman–Crippen MR) is 233 cm³/mol. The van der Waals surface area contributed by atoms with E-state index in [1.165, 1.54) is 77.0 Å². The van der Waals surface area contributed by atoms with Gasteiger partial charge >= 0.3 is 19.8 Å². The van der Waals surface area contributed by atoms with E-state index in [-0.39, 0.29) is 19.4 Å². The van der Waals surface area contributed by atoms with Crippen LogP contribution >= 0.6 is 7.82 Å². The van der Waals surface area contributed by atoms with Gasteiger partial charge in [-0.2, -0.15) is 0 Å². The van der Waals surface area contributed by atoms with Crippen LogP contribution in [-0.2, 0) is 32.7 Å². The number of phosphoric ester groups is 1. The van der Waals surface area contributed by atoms with Crippen LogP contribution in [0.15, 0.2) is 48.6 Å². The summed E-state index contributed by atoms with van der Waals surface area (Å²) in [6, 6.07) is 0. The van der Waals surface area contributed by atoms with Gasteiger partial charge in [0.1, 0.15) is 12.7 Å². The molecule has 0 fully saturated rings. The Labute approximate surface area is 347 Å². The van der Waals surface area contributed by atoms with Crippen LogP contribution in [0.1, 0.15) is 194 Å². The van der Waals surface area contributed by atoms with Crippen LogP contribution in [0.3, 0.4) is 0 Å². The van der Waals surface area contributed by atoms with Crippen molar-refractivity contribution in [1.29, 1.82) is 0 Å². The van der Waals surface area contributed by atoms with E-state index in [2.05, 4.69) is 62.5 Å². The molecule has 0 aliphatic rings. The minimum Gasteiger partial charge on any atom is -0.462 e. The Balaban J connectivity index is 4.29. The third-order valence-corrected chi connectivity index (χ3v) is 10.4. The molecule has 0 amide bonds. The Kier molecular flexibility index (Phi) is 40.5. The maximum atomic E-state index is 12.6. The van der Waals surface area contributed by atoms with Crippen LogP contribution in [0.2, 0.25) is 0 Å². The van der Waals surface area contributed by atoms with E-state index in [0.29, 0.717) is 12.8 Å². The van der Waals surface area contributed by atoms with Crippen LogP contribution in [-0.4, -0.2) is 65.7 Å². The number of hydrogen-bond acceptors (Lipinski definition) is 9. The second-order valence-electron chi connectivity index (χ2n) is 15.1. The number of aliphatic hydroxyl groups excluding tert-OH is 2. The van der Waals surface area contributed by atoms with Crippen LogP contribution < -0.4 is 0 Å². The van der Waals surface area contributed by atoms with Crippen LogP contribution in [0, 0.1) is 0 Å². The van der Waals surface area contributed by atoms with E-state index in [4.69, 9.17) is 23.6 Å². The molecule has 0 aromatic carbocycles. The third-order valence-electron chi connectivity index (χ3n) is 9.46. The van der Waals surface area contributed by atoms with Crippen molar-refractivity contribution in [1.82, 2.24) is 0 Å². The molecule has 1 unspecified atom stereocenters. The number of carbonyl (C=O) groups excluding carboxylic acids is 2. The monoisotopic (exact) mass is 827 g/mol. The van der Waals surface area contributed by atoms with E-state index in [0.717, 1.165) is 77.0 Å². The fraction of sp³-hybridized carbons (Fsp3) is 0.783. The Morgan fingerprint density at radius 3 is 1.35 bits per heavy atom. The molecular weight excluding hydrogens is 743 g/mol. The second-order valence-corrected chi connectivity index (χ2v) is 16.5. The van der Waals surface area contributed by atoms with Gasteiger partial charge < -0.3 is 24.6 Å². The fourth-order valence-electron chi connectivity index (χ4n) is 5.94. The van der Waals surface area contributed by atoms with Crippen molar-refractivity contribution in [3.8, 4) is 0 Å². The molecule has 3 atom stereocenters. The summed E-state index contributed by atoms with van der Waals surface area (Å²) >= 11 is 0. The van der Waals surface area contributed by atoms with Gasteiger partial charge in [0.25, 0.3) is 0 Å². The first-order valence-corrected chi connectivity index (χ1v) is 24.1. The lowest BCUT2D eigenvalue weighted by molar-refractivity contribution is -0.161. The number of aliphatic hydroxyl groups is 2. The lowest BCUT2D eigenvalue weighted by Crippen LogP contribution is -2.29. The van der Waals surface area contributed by atoms with Gasteiger partial charge in [0.15, 0.2) is 6.10 Å². The molecule has 57 heavy (non-hydrogen) atoms. The molecule has 0 saturated carbocycles. The van der Waals surface area contributed by atoms with Crippen molar-refractivity contribution < 1.29 is 47.8 Å². The van der Waals surface area contributed by atoms with Gasteiger partial charge in [-0.1, -0.05) is 152 Å². The summed E-state index contributed by atoms with van der Waals surface area (Å²) in [5, 5.41) is 18.3. The summed E-state index contributed by atoms with van der Waals surface area (Å²) in [4.78, 5) is 35.0. The molecule has 0 aromatic rings. The highest BCUT2D eigenvalue weighted by atomic mass is 31.2. The number of esters is 2. The number of ether oxygens (including phenoxy) is 2. The van der Waals surface area contributed by atoms with Gasteiger partial charge in [-0.25, -0.2) is 4.57 Å². The number of phosphoric acid groups is 1. The van der Waals surface area contributed by atoms with Crippen molar-refractivity contribution in [3.05, 3.63) is 48.6 Å². The van der Waals surface area contributed by atoms with Gasteiger partial charge in [0.2, 0.25) is 0 Å². The Morgan fingerprint density at radius 1 is 0.526 bits per heavy atom. The minimum absolute atomic E-state index is 0.175. The Bertz CT molecular complexity index is 1090. The van der Waals surface area contributed by atoms with Gasteiger partial charge in [-0.15, -0.1) is 0 Å². The smallest absolute Gasteiger partial charge is 0.462 e. The molecule has 0 aromatic heterocycles. The standard InChI is InChI=1S/C46H83O10P/c1-3-5-7-9-11-13-15-17-19-20-21-22-24-26-28-30-32-34-36-38-46(50)56-44(42-55-57(51,52)54-40-43(48)39-47)41-53-45(49)37-35-33-31-29-27-25-23-18-16-14-12-10-8-6-4-2/h11-14,17-19,23,43-44,47-48H,3-10,15-16,20-22,24-42H2,1-2H3,(H,51,52)/b13-11-,14-12-,19-17-,23-18-/t43-,44+/m0/s1. The van der Waals surface area contributed by atoms with Crippen molar-refractivity contribution in [2.45, 2.75) is 206 Å². The summed E-state index contributed by atoms with van der Waals surface area (Å²) < 4.78 is 32.7. The topological polar surface area (TPSA) is 149 Å². The summed E-state index contributed by atoms with van der Waals surface area (Å²) in [5.41, 5.74) is 0. The zero-order valence-corrected chi connectivity index (χ0v) is 36.9. The summed E-state index contributed by atoms with van der Waals surface area (Å²) in [7, 11) is -4.62. The highest BCUT2D eigenvalue weighted by molar-refractivity contribution is 7.47. The van der Waals surface area contributed by atoms with Crippen molar-refractivity contribution in [2.75, 3.05) is 26.4 Å². The highest BCUT2D eigenvalue weighted by Crippen LogP contribution is 2.43. The molecule has 332 valence electrons. The van der Waals surface area contributed by atoms with E-state index in [1.54, 1.807) is 0 Å². The number of allylic oxidation sites excluding steroid dienone is 8. The number of unbranched alkanes of at least 4 members (excludes halogenated alkanes) is 20. The summed E-state index contributed by atoms with van der Waals surface area (Å²) in [6.45, 7) is 2.31. The van der Waals surface area contributed by atoms with Crippen LogP contribution in [0.5, 0.6) is 0 Å². The van der Waals surface area contributed by atoms with E-state index in [9.17, 15) is 24.2 Å². The van der Waals surface area contributed by atoms with Gasteiger partial charge in [0.05, 0.1) is 19.8 Å². The Morgan fingerprint density at radius 2 is 0.912 bits per heavy atom. The van der Waals surface area contributed by atoms with Gasteiger partial charge in [-0.3, -0.25) is 18.6 Å². The van der Waals surface area contributed by atoms with Crippen LogP contribution in [0.4, 0.5) is 0 Å². The maximum absolute atomic E-state index is 12.6. The first-order chi connectivity index (χ1) is 27.7. The average Bonchev–Trinajstić information content (AvgIpc) is 3.20. The molecule has 11 heteroatoms. The van der Waals surface area contributed by atoms with Crippen molar-refractivity contribution >= 4 is 19.8 Å². The lowest BCUT2D eigenvalue weighted by Gasteiger charge is -2.20. The first-order valence-electron chi connectivity index (χ1n) is 22.6. The molecule has 0 radical (unpaired) electrons. The molecule has 0 aliphatic carbocycles. The van der Waals surface area contributed by atoms with Crippen molar-refractivity contribution in [2.24, 2.45) is 0 Å². The molecule has 0 saturated heterocycles. The SMILES string of the molecule is CCCCC/C=C\C/C=C\CCCCCCCCCCCC(=O)O[C@H](COC(=O)CCCCCCC/C=C\C/C=C\CCCCC)COP(=O)(O)OC[C@@H](O)CO. The molecule has 0 spiro atoms. The third kappa shape index (κ3) is 41.9. The normalized spacial score (nSPS) is 14.3. The largest absolute Gasteiger partial charge is 0.472 e. The maximum Gasteiger partial charge on any atom is 0.472 e. The minimum atomic E-state index is -4.62. The molecule has 10 nitrogen and oxygen atoms in total. The Hall–Kier alpha value is -2.07. The number of carbonyl (C=O) groups is 2. The molecule has 0 heterocycles. The van der Waals surface area contributed by atoms with Crippen LogP contribution in [0.25, 0.3) is 0 Å². The zero-order valence-electron chi connectivity index (χ0n) is 36.0. The van der Waals surface area contributed by atoms with E-state index < -0.39 is 51.8 Å². The molecule has 0 aliphatic heterocycles. The van der Waals surface area contributed by atoms with Gasteiger partial charge in [0, 0.05) is 12.8 Å². The molecule has 0 rings (SSSR count). The number of hydrogen-bond donors (Lipinski definition) is 3. The van der Waals surface area contributed by atoms with Gasteiger partial charge in [-0.05, 0) is 77.0 Å². The number of rotatable bonds is 42. The van der Waals surface area contributed by atoms with E-state index >= 15 is 0 Å². The molecule has 0 bridgehead atoms.